The number of benzene rings is 1. The molecule has 0 atom stereocenters. The normalized spacial score (nSPS) is 15.0. The van der Waals surface area contributed by atoms with E-state index in [4.69, 9.17) is 4.74 Å². The molecule has 146 valence electrons. The average molecular weight is 379 g/mol. The lowest BCUT2D eigenvalue weighted by Gasteiger charge is -2.36. The number of anilines is 1. The molecule has 0 saturated carbocycles. The molecule has 4 rings (SSSR count). The molecule has 1 saturated heterocycles. The van der Waals surface area contributed by atoms with Gasteiger partial charge in [0.2, 0.25) is 0 Å². The summed E-state index contributed by atoms with van der Waals surface area (Å²) in [4.78, 5) is 16.5. The highest BCUT2D eigenvalue weighted by Crippen LogP contribution is 2.19. The van der Waals surface area contributed by atoms with Crippen molar-refractivity contribution in [3.05, 3.63) is 70.9 Å². The lowest BCUT2D eigenvalue weighted by atomic mass is 10.2. The van der Waals surface area contributed by atoms with Gasteiger partial charge in [0.1, 0.15) is 5.75 Å². The van der Waals surface area contributed by atoms with E-state index in [1.54, 1.807) is 26.4 Å². The monoisotopic (exact) mass is 379 g/mol. The lowest BCUT2D eigenvalue weighted by molar-refractivity contribution is 0.246. The number of ether oxygens (including phenoxy) is 1. The topological polar surface area (TPSA) is 55.5 Å². The zero-order chi connectivity index (χ0) is 19.5. The standard InChI is InChI=1S/C21H25N5O2/c1-23-21(27)14-19(15-22-23)25-12-10-24(11-13-25)16-18-4-3-9-26(18)17-5-7-20(28-2)8-6-17/h3-9,14-15H,10-13,16H2,1-2H3. The van der Waals surface area contributed by atoms with Gasteiger partial charge in [-0.05, 0) is 36.4 Å². The highest BCUT2D eigenvalue weighted by Gasteiger charge is 2.19. The summed E-state index contributed by atoms with van der Waals surface area (Å²) in [5, 5.41) is 4.13. The summed E-state index contributed by atoms with van der Waals surface area (Å²) < 4.78 is 8.82. The zero-order valence-corrected chi connectivity index (χ0v) is 16.3. The van der Waals surface area contributed by atoms with E-state index in [1.165, 1.54) is 10.4 Å². The maximum Gasteiger partial charge on any atom is 0.268 e. The summed E-state index contributed by atoms with van der Waals surface area (Å²) in [6.07, 6.45) is 3.87. The number of nitrogens with zero attached hydrogens (tertiary/aromatic N) is 5. The molecule has 1 aliphatic rings. The van der Waals surface area contributed by atoms with Crippen molar-refractivity contribution in [2.24, 2.45) is 7.05 Å². The third-order valence-corrected chi connectivity index (χ3v) is 5.26. The number of hydrogen-bond donors (Lipinski definition) is 0. The third kappa shape index (κ3) is 3.80. The van der Waals surface area contributed by atoms with Crippen LogP contribution in [-0.2, 0) is 13.6 Å². The van der Waals surface area contributed by atoms with E-state index in [0.29, 0.717) is 0 Å². The van der Waals surface area contributed by atoms with Crippen LogP contribution >= 0.6 is 0 Å². The molecule has 1 fully saturated rings. The van der Waals surface area contributed by atoms with Gasteiger partial charge in [-0.3, -0.25) is 9.69 Å². The Hall–Kier alpha value is -3.06. The van der Waals surface area contributed by atoms with Crippen LogP contribution in [-0.4, -0.2) is 52.5 Å². The molecular formula is C21H25N5O2. The Kier molecular flexibility index (Phi) is 5.16. The quantitative estimate of drug-likeness (QED) is 0.678. The van der Waals surface area contributed by atoms with Crippen molar-refractivity contribution in [1.82, 2.24) is 19.2 Å². The summed E-state index contributed by atoms with van der Waals surface area (Å²) in [7, 11) is 3.35. The summed E-state index contributed by atoms with van der Waals surface area (Å²) >= 11 is 0. The minimum Gasteiger partial charge on any atom is -0.497 e. The maximum absolute atomic E-state index is 11.8. The Labute approximate surface area is 164 Å². The second-order valence-electron chi connectivity index (χ2n) is 7.01. The van der Waals surface area contributed by atoms with Gasteiger partial charge in [-0.2, -0.15) is 5.10 Å². The van der Waals surface area contributed by atoms with E-state index in [2.05, 4.69) is 49.9 Å². The molecule has 0 N–H and O–H groups in total. The zero-order valence-electron chi connectivity index (χ0n) is 16.3. The van der Waals surface area contributed by atoms with E-state index in [9.17, 15) is 4.79 Å². The van der Waals surface area contributed by atoms with Crippen molar-refractivity contribution >= 4 is 5.69 Å². The largest absolute Gasteiger partial charge is 0.497 e. The van der Waals surface area contributed by atoms with Crippen LogP contribution in [0, 0.1) is 0 Å². The maximum atomic E-state index is 11.8. The Morgan fingerprint density at radius 2 is 1.79 bits per heavy atom. The number of rotatable bonds is 5. The van der Waals surface area contributed by atoms with Gasteiger partial charge in [-0.25, -0.2) is 4.68 Å². The molecule has 28 heavy (non-hydrogen) atoms. The van der Waals surface area contributed by atoms with Crippen molar-refractivity contribution in [3.63, 3.8) is 0 Å². The van der Waals surface area contributed by atoms with Gasteiger partial charge in [-0.1, -0.05) is 0 Å². The molecule has 0 aliphatic carbocycles. The van der Waals surface area contributed by atoms with Gasteiger partial charge in [0.05, 0.1) is 19.0 Å². The molecule has 7 heteroatoms. The van der Waals surface area contributed by atoms with Crippen LogP contribution in [0.2, 0.25) is 0 Å². The summed E-state index contributed by atoms with van der Waals surface area (Å²) in [5.41, 5.74) is 3.22. The van der Waals surface area contributed by atoms with Gasteiger partial charge in [0.15, 0.2) is 0 Å². The molecule has 1 aliphatic heterocycles. The average Bonchev–Trinajstić information content (AvgIpc) is 3.19. The smallest absolute Gasteiger partial charge is 0.268 e. The molecular weight excluding hydrogens is 354 g/mol. The predicted molar refractivity (Wildman–Crippen MR) is 109 cm³/mol. The van der Waals surface area contributed by atoms with E-state index in [1.807, 2.05) is 12.1 Å². The van der Waals surface area contributed by atoms with Crippen LogP contribution in [0.1, 0.15) is 5.69 Å². The van der Waals surface area contributed by atoms with Crippen LogP contribution in [0.3, 0.4) is 0 Å². The van der Waals surface area contributed by atoms with Gasteiger partial charge in [0, 0.05) is 63.4 Å². The van der Waals surface area contributed by atoms with E-state index < -0.39 is 0 Å². The molecule has 1 aromatic carbocycles. The molecule has 3 aromatic rings. The van der Waals surface area contributed by atoms with Crippen LogP contribution in [0.5, 0.6) is 5.75 Å². The number of aromatic nitrogens is 3. The lowest BCUT2D eigenvalue weighted by Crippen LogP contribution is -2.46. The molecule has 0 spiro atoms. The van der Waals surface area contributed by atoms with Crippen molar-refractivity contribution in [2.75, 3.05) is 38.2 Å². The first-order chi connectivity index (χ1) is 13.6. The Morgan fingerprint density at radius 3 is 2.46 bits per heavy atom. The Balaban J connectivity index is 1.41. The fourth-order valence-corrected chi connectivity index (χ4v) is 3.57. The molecule has 0 unspecified atom stereocenters. The summed E-state index contributed by atoms with van der Waals surface area (Å²) in [6, 6.07) is 14.0. The van der Waals surface area contributed by atoms with Crippen LogP contribution in [0.4, 0.5) is 5.69 Å². The minimum atomic E-state index is -0.0720. The summed E-state index contributed by atoms with van der Waals surface area (Å²) in [6.45, 7) is 4.56. The van der Waals surface area contributed by atoms with Gasteiger partial charge in [0.25, 0.3) is 5.56 Å². The van der Waals surface area contributed by atoms with Crippen LogP contribution in [0.25, 0.3) is 5.69 Å². The van der Waals surface area contributed by atoms with Crippen molar-refractivity contribution in [1.29, 1.82) is 0 Å². The number of hydrogen-bond acceptors (Lipinski definition) is 5. The fourth-order valence-electron chi connectivity index (χ4n) is 3.57. The Bertz CT molecular complexity index is 985. The molecule has 0 amide bonds. The predicted octanol–water partition coefficient (Wildman–Crippen LogP) is 1.90. The fraction of sp³-hybridized carbons (Fsp3) is 0.333. The van der Waals surface area contributed by atoms with Crippen molar-refractivity contribution in [2.45, 2.75) is 6.54 Å². The van der Waals surface area contributed by atoms with Crippen LogP contribution < -0.4 is 15.2 Å². The second-order valence-corrected chi connectivity index (χ2v) is 7.01. The first-order valence-electron chi connectivity index (χ1n) is 9.45. The minimum absolute atomic E-state index is 0.0720. The van der Waals surface area contributed by atoms with Crippen LogP contribution in [0.15, 0.2) is 59.7 Å². The first kappa shape index (κ1) is 18.3. The Morgan fingerprint density at radius 1 is 1.04 bits per heavy atom. The molecule has 0 radical (unpaired) electrons. The van der Waals surface area contributed by atoms with Crippen molar-refractivity contribution < 1.29 is 4.74 Å². The SMILES string of the molecule is COc1ccc(-n2cccc2CN2CCN(c3cnn(C)c(=O)c3)CC2)cc1. The van der Waals surface area contributed by atoms with E-state index in [0.717, 1.165) is 49.8 Å². The number of aryl methyl sites for hydroxylation is 1. The molecule has 0 bridgehead atoms. The second kappa shape index (κ2) is 7.90. The molecule has 2 aromatic heterocycles. The molecule has 3 heterocycles. The van der Waals surface area contributed by atoms with E-state index >= 15 is 0 Å². The van der Waals surface area contributed by atoms with Gasteiger partial charge >= 0.3 is 0 Å². The number of methoxy groups -OCH3 is 1. The number of piperazine rings is 1. The third-order valence-electron chi connectivity index (χ3n) is 5.26. The van der Waals surface area contributed by atoms with Gasteiger partial charge in [-0.15, -0.1) is 0 Å². The highest BCUT2D eigenvalue weighted by molar-refractivity contribution is 5.43. The molecule has 7 nitrogen and oxygen atoms in total. The summed E-state index contributed by atoms with van der Waals surface area (Å²) in [5.74, 6) is 0.860. The van der Waals surface area contributed by atoms with Crippen molar-refractivity contribution in [3.8, 4) is 11.4 Å². The van der Waals surface area contributed by atoms with Gasteiger partial charge < -0.3 is 14.2 Å². The first-order valence-corrected chi connectivity index (χ1v) is 9.45. The van der Waals surface area contributed by atoms with E-state index in [-0.39, 0.29) is 5.56 Å². The highest BCUT2D eigenvalue weighted by atomic mass is 16.5.